The maximum Gasteiger partial charge on any atom is 0.260 e. The van der Waals surface area contributed by atoms with E-state index in [2.05, 4.69) is 20.3 Å². The molecule has 0 atom stereocenters. The fourth-order valence-electron chi connectivity index (χ4n) is 2.95. The van der Waals surface area contributed by atoms with Crippen LogP contribution in [-0.2, 0) is 13.0 Å². The molecule has 3 heterocycles. The predicted molar refractivity (Wildman–Crippen MR) is 95.9 cm³/mol. The first-order valence-electron chi connectivity index (χ1n) is 8.77. The van der Waals surface area contributed by atoms with Gasteiger partial charge in [0.05, 0.1) is 12.2 Å². The lowest BCUT2D eigenvalue weighted by Crippen LogP contribution is -2.37. The minimum absolute atomic E-state index is 0.0419. The van der Waals surface area contributed by atoms with Crippen molar-refractivity contribution in [1.82, 2.24) is 29.7 Å². The Bertz CT molecular complexity index is 956. The van der Waals surface area contributed by atoms with Gasteiger partial charge in [0.25, 0.3) is 5.91 Å². The van der Waals surface area contributed by atoms with Gasteiger partial charge in [-0.1, -0.05) is 6.92 Å². The molecule has 1 amide bonds. The summed E-state index contributed by atoms with van der Waals surface area (Å²) in [4.78, 5) is 19.6. The average molecular weight is 356 g/mol. The maximum atomic E-state index is 13.3. The van der Waals surface area contributed by atoms with Crippen LogP contribution in [0.1, 0.15) is 60.0 Å². The van der Waals surface area contributed by atoms with Crippen molar-refractivity contribution in [1.29, 1.82) is 0 Å². The molecule has 0 aliphatic carbocycles. The number of carbonyl (C=O) groups is 1. The van der Waals surface area contributed by atoms with Gasteiger partial charge in [-0.25, -0.2) is 9.50 Å². The van der Waals surface area contributed by atoms with Gasteiger partial charge in [0.15, 0.2) is 5.65 Å². The second-order valence-electron chi connectivity index (χ2n) is 6.70. The highest BCUT2D eigenvalue weighted by Gasteiger charge is 2.27. The molecule has 0 saturated carbocycles. The number of hydrogen-bond donors (Lipinski definition) is 0. The minimum atomic E-state index is -0.138. The number of carbonyl (C=O) groups excluding carboxylic acids is 1. The van der Waals surface area contributed by atoms with E-state index in [4.69, 9.17) is 4.42 Å². The molecular weight excluding hydrogens is 332 g/mol. The molecule has 3 aromatic rings. The molecule has 8 heteroatoms. The van der Waals surface area contributed by atoms with Crippen LogP contribution >= 0.6 is 0 Å². The Labute approximate surface area is 152 Å². The van der Waals surface area contributed by atoms with Crippen LogP contribution in [0.5, 0.6) is 0 Å². The smallest absolute Gasteiger partial charge is 0.260 e. The maximum absolute atomic E-state index is 13.3. The highest BCUT2D eigenvalue weighted by atomic mass is 16.4. The van der Waals surface area contributed by atoms with E-state index in [1.54, 1.807) is 9.42 Å². The fourth-order valence-corrected chi connectivity index (χ4v) is 2.95. The summed E-state index contributed by atoms with van der Waals surface area (Å²) < 4.78 is 7.30. The summed E-state index contributed by atoms with van der Waals surface area (Å²) in [6, 6.07) is 1.90. The van der Waals surface area contributed by atoms with E-state index in [0.29, 0.717) is 35.1 Å². The lowest BCUT2D eigenvalue weighted by Gasteiger charge is -2.25. The van der Waals surface area contributed by atoms with Gasteiger partial charge in [-0.15, -0.1) is 10.2 Å². The molecule has 26 heavy (non-hydrogen) atoms. The van der Waals surface area contributed by atoms with Crippen LogP contribution in [0.2, 0.25) is 0 Å². The first kappa shape index (κ1) is 18.0. The summed E-state index contributed by atoms with van der Waals surface area (Å²) in [5.74, 6) is 0.857. The first-order chi connectivity index (χ1) is 12.3. The molecule has 0 unspecified atom stereocenters. The molecule has 0 aliphatic rings. The van der Waals surface area contributed by atoms with Gasteiger partial charge in [0.1, 0.15) is 5.56 Å². The number of amides is 1. The standard InChI is InChI=1S/C18H24N6O2/c1-7-14-20-21-15(26-14)9-23(10(2)3)18(25)16-13(6)22-24-12(5)8-11(4)19-17(16)24/h8,10H,7,9H2,1-6H3. The van der Waals surface area contributed by atoms with Gasteiger partial charge in [-0.05, 0) is 40.7 Å². The number of nitrogens with zero attached hydrogens (tertiary/aromatic N) is 6. The zero-order valence-electron chi connectivity index (χ0n) is 16.1. The highest BCUT2D eigenvalue weighted by Crippen LogP contribution is 2.21. The first-order valence-corrected chi connectivity index (χ1v) is 8.77. The Balaban J connectivity index is 2.02. The molecule has 0 aromatic carbocycles. The Hall–Kier alpha value is -2.77. The topological polar surface area (TPSA) is 89.4 Å². The van der Waals surface area contributed by atoms with E-state index < -0.39 is 0 Å². The summed E-state index contributed by atoms with van der Waals surface area (Å²) in [5, 5.41) is 12.5. The fraction of sp³-hybridized carbons (Fsp3) is 0.500. The second kappa shape index (κ2) is 6.86. The molecule has 8 nitrogen and oxygen atoms in total. The molecule has 3 rings (SSSR count). The summed E-state index contributed by atoms with van der Waals surface area (Å²) in [7, 11) is 0. The lowest BCUT2D eigenvalue weighted by atomic mass is 10.2. The highest BCUT2D eigenvalue weighted by molar-refractivity contribution is 6.01. The minimum Gasteiger partial charge on any atom is -0.423 e. The van der Waals surface area contributed by atoms with Crippen molar-refractivity contribution >= 4 is 11.6 Å². The molecule has 0 spiro atoms. The van der Waals surface area contributed by atoms with Crippen molar-refractivity contribution in [3.05, 3.63) is 40.5 Å². The van der Waals surface area contributed by atoms with E-state index in [1.165, 1.54) is 0 Å². The number of aryl methyl sites for hydroxylation is 4. The third kappa shape index (κ3) is 3.18. The van der Waals surface area contributed by atoms with Crippen LogP contribution < -0.4 is 0 Å². The van der Waals surface area contributed by atoms with E-state index in [-0.39, 0.29) is 18.5 Å². The monoisotopic (exact) mass is 356 g/mol. The Morgan fingerprint density at radius 3 is 2.54 bits per heavy atom. The Morgan fingerprint density at radius 1 is 1.23 bits per heavy atom. The van der Waals surface area contributed by atoms with E-state index in [1.807, 2.05) is 47.6 Å². The van der Waals surface area contributed by atoms with Crippen molar-refractivity contribution in [2.75, 3.05) is 0 Å². The molecular formula is C18H24N6O2. The third-order valence-electron chi connectivity index (χ3n) is 4.28. The van der Waals surface area contributed by atoms with Crippen molar-refractivity contribution in [3.63, 3.8) is 0 Å². The van der Waals surface area contributed by atoms with Crippen molar-refractivity contribution in [2.24, 2.45) is 0 Å². The summed E-state index contributed by atoms with van der Waals surface area (Å²) >= 11 is 0. The SMILES string of the molecule is CCc1nnc(CN(C(=O)c2c(C)nn3c(C)cc(C)nc23)C(C)C)o1. The van der Waals surface area contributed by atoms with E-state index in [9.17, 15) is 4.79 Å². The van der Waals surface area contributed by atoms with Crippen LogP contribution in [0.3, 0.4) is 0 Å². The Morgan fingerprint density at radius 2 is 1.92 bits per heavy atom. The second-order valence-corrected chi connectivity index (χ2v) is 6.70. The van der Waals surface area contributed by atoms with E-state index >= 15 is 0 Å². The molecule has 0 radical (unpaired) electrons. The summed E-state index contributed by atoms with van der Waals surface area (Å²) in [6.07, 6.45) is 0.665. The van der Waals surface area contributed by atoms with Gasteiger partial charge >= 0.3 is 0 Å². The lowest BCUT2D eigenvalue weighted by molar-refractivity contribution is 0.0672. The zero-order valence-corrected chi connectivity index (χ0v) is 16.1. The molecule has 0 N–H and O–H groups in total. The van der Waals surface area contributed by atoms with Crippen molar-refractivity contribution in [3.8, 4) is 0 Å². The molecule has 0 fully saturated rings. The van der Waals surface area contributed by atoms with Crippen LogP contribution in [-0.4, -0.2) is 41.6 Å². The molecule has 3 aromatic heterocycles. The van der Waals surface area contributed by atoms with Crippen LogP contribution in [0, 0.1) is 20.8 Å². The largest absolute Gasteiger partial charge is 0.423 e. The van der Waals surface area contributed by atoms with Crippen molar-refractivity contribution in [2.45, 2.75) is 60.5 Å². The number of fused-ring (bicyclic) bond motifs is 1. The van der Waals surface area contributed by atoms with E-state index in [0.717, 1.165) is 11.4 Å². The quantitative estimate of drug-likeness (QED) is 0.698. The molecule has 138 valence electrons. The van der Waals surface area contributed by atoms with Crippen molar-refractivity contribution < 1.29 is 9.21 Å². The third-order valence-corrected chi connectivity index (χ3v) is 4.28. The van der Waals surface area contributed by atoms with Gasteiger partial charge in [-0.2, -0.15) is 5.10 Å². The van der Waals surface area contributed by atoms with Crippen LogP contribution in [0.15, 0.2) is 10.5 Å². The number of aromatic nitrogens is 5. The zero-order chi connectivity index (χ0) is 19.0. The molecule has 0 bridgehead atoms. The van der Waals surface area contributed by atoms with Crippen LogP contribution in [0.4, 0.5) is 0 Å². The van der Waals surface area contributed by atoms with Gasteiger partial charge in [-0.3, -0.25) is 4.79 Å². The molecule has 0 saturated heterocycles. The molecule has 0 aliphatic heterocycles. The average Bonchev–Trinajstić information content (AvgIpc) is 3.15. The van der Waals surface area contributed by atoms with Gasteiger partial charge in [0.2, 0.25) is 11.8 Å². The van der Waals surface area contributed by atoms with Gasteiger partial charge < -0.3 is 9.32 Å². The summed E-state index contributed by atoms with van der Waals surface area (Å²) in [5.41, 5.74) is 3.54. The summed E-state index contributed by atoms with van der Waals surface area (Å²) in [6.45, 7) is 11.8. The Kier molecular flexibility index (Phi) is 4.76. The normalized spacial score (nSPS) is 11.5. The van der Waals surface area contributed by atoms with Crippen LogP contribution in [0.25, 0.3) is 5.65 Å². The predicted octanol–water partition coefficient (Wildman–Crippen LogP) is 2.65. The van der Waals surface area contributed by atoms with Gasteiger partial charge in [0, 0.05) is 23.9 Å². The number of hydrogen-bond acceptors (Lipinski definition) is 6. The number of rotatable bonds is 5.